The van der Waals surface area contributed by atoms with Crippen LogP contribution in [0.3, 0.4) is 0 Å². The minimum atomic E-state index is 0. The number of nitrogens with zero attached hydrogens (tertiary/aromatic N) is 2. The predicted molar refractivity (Wildman–Crippen MR) is 91.4 cm³/mol. The molecule has 0 aromatic carbocycles. The van der Waals surface area contributed by atoms with Crippen molar-refractivity contribution in [2.45, 2.75) is 38.8 Å². The molecule has 1 saturated carbocycles. The molecule has 5 nitrogen and oxygen atoms in total. The first-order valence-electron chi connectivity index (χ1n) is 7.83. The number of nitrogens with one attached hydrogen (secondary N) is 2. The number of halogens is 1. The number of carbonyl (C=O) groups excluding carboxylic acids is 1. The summed E-state index contributed by atoms with van der Waals surface area (Å²) >= 11 is 1.68. The maximum Gasteiger partial charge on any atom is 0.234 e. The van der Waals surface area contributed by atoms with Crippen molar-refractivity contribution in [1.29, 1.82) is 0 Å². The lowest BCUT2D eigenvalue weighted by atomic mass is 9.93. The second-order valence-corrected chi connectivity index (χ2v) is 7.10. The Morgan fingerprint density at radius 1 is 1.55 bits per heavy atom. The summed E-state index contributed by atoms with van der Waals surface area (Å²) < 4.78 is 0. The van der Waals surface area contributed by atoms with Crippen molar-refractivity contribution in [2.24, 2.45) is 5.41 Å². The topological polar surface area (TPSA) is 57.3 Å². The van der Waals surface area contributed by atoms with Crippen LogP contribution in [0.5, 0.6) is 0 Å². The Morgan fingerprint density at radius 3 is 2.95 bits per heavy atom. The maximum absolute atomic E-state index is 12.0. The smallest absolute Gasteiger partial charge is 0.234 e. The van der Waals surface area contributed by atoms with E-state index in [1.807, 2.05) is 18.5 Å². The minimum Gasteiger partial charge on any atom is -0.355 e. The quantitative estimate of drug-likeness (QED) is 0.823. The fraction of sp³-hybridized carbons (Fsp3) is 0.733. The Labute approximate surface area is 142 Å². The van der Waals surface area contributed by atoms with Crippen LogP contribution in [0.1, 0.15) is 31.2 Å². The third-order valence-corrected chi connectivity index (χ3v) is 5.49. The highest BCUT2D eigenvalue weighted by Gasteiger charge is 2.56. The maximum atomic E-state index is 12.0. The molecule has 22 heavy (non-hydrogen) atoms. The molecule has 1 saturated heterocycles. The minimum absolute atomic E-state index is 0. The lowest BCUT2D eigenvalue weighted by molar-refractivity contribution is -0.122. The van der Waals surface area contributed by atoms with E-state index in [-0.39, 0.29) is 18.3 Å². The average molecular weight is 345 g/mol. The van der Waals surface area contributed by atoms with Gasteiger partial charge in [0.2, 0.25) is 5.91 Å². The van der Waals surface area contributed by atoms with Gasteiger partial charge < -0.3 is 10.6 Å². The predicted octanol–water partition coefficient (Wildman–Crippen LogP) is 1.65. The summed E-state index contributed by atoms with van der Waals surface area (Å²) in [6.07, 6.45) is 5.56. The molecule has 1 aliphatic heterocycles. The molecular formula is C15H25ClN4OS. The van der Waals surface area contributed by atoms with Crippen molar-refractivity contribution in [3.05, 3.63) is 16.6 Å². The van der Waals surface area contributed by atoms with Gasteiger partial charge >= 0.3 is 0 Å². The number of likely N-dealkylation sites (N-methyl/N-ethyl adjacent to an activating group) is 1. The summed E-state index contributed by atoms with van der Waals surface area (Å²) in [4.78, 5) is 18.7. The van der Waals surface area contributed by atoms with E-state index in [4.69, 9.17) is 0 Å². The van der Waals surface area contributed by atoms with Gasteiger partial charge in [-0.2, -0.15) is 0 Å². The monoisotopic (exact) mass is 344 g/mol. The molecule has 1 atom stereocenters. The molecule has 1 aliphatic carbocycles. The SMILES string of the molecule is CCNC(=O)CN(Cc1nccs1)C1CC12CCNCC2.Cl. The van der Waals surface area contributed by atoms with E-state index >= 15 is 0 Å². The first-order valence-corrected chi connectivity index (χ1v) is 8.71. The highest BCUT2D eigenvalue weighted by Crippen LogP contribution is 2.55. The fourth-order valence-electron chi connectivity index (χ4n) is 3.52. The molecule has 3 rings (SSSR count). The summed E-state index contributed by atoms with van der Waals surface area (Å²) in [7, 11) is 0. The average Bonchev–Trinajstić information content (AvgIpc) is 2.93. The summed E-state index contributed by atoms with van der Waals surface area (Å²) in [6, 6.07) is 0.547. The molecule has 0 radical (unpaired) electrons. The molecule has 124 valence electrons. The van der Waals surface area contributed by atoms with Gasteiger partial charge in [0.1, 0.15) is 5.01 Å². The molecule has 1 aromatic heterocycles. The van der Waals surface area contributed by atoms with Gasteiger partial charge in [0.05, 0.1) is 13.1 Å². The van der Waals surface area contributed by atoms with Gasteiger partial charge in [0.25, 0.3) is 0 Å². The number of aromatic nitrogens is 1. The Balaban J connectivity index is 0.00000176. The third kappa shape index (κ3) is 3.98. The first kappa shape index (κ1) is 17.7. The molecule has 1 spiro atoms. The van der Waals surface area contributed by atoms with Crippen molar-refractivity contribution in [2.75, 3.05) is 26.2 Å². The van der Waals surface area contributed by atoms with E-state index in [9.17, 15) is 4.79 Å². The van der Waals surface area contributed by atoms with E-state index in [1.165, 1.54) is 19.3 Å². The summed E-state index contributed by atoms with van der Waals surface area (Å²) in [5, 5.41) is 9.47. The van der Waals surface area contributed by atoms with Gasteiger partial charge in [-0.25, -0.2) is 4.98 Å². The van der Waals surface area contributed by atoms with Crippen LogP contribution in [0.2, 0.25) is 0 Å². The molecule has 7 heteroatoms. The second kappa shape index (κ2) is 7.73. The Kier molecular flexibility index (Phi) is 6.20. The lowest BCUT2D eigenvalue weighted by Gasteiger charge is -2.28. The molecule has 2 fully saturated rings. The third-order valence-electron chi connectivity index (χ3n) is 4.73. The molecule has 1 amide bonds. The molecule has 1 unspecified atom stereocenters. The van der Waals surface area contributed by atoms with Crippen LogP contribution in [-0.2, 0) is 11.3 Å². The molecule has 2 heterocycles. The van der Waals surface area contributed by atoms with Gasteiger partial charge in [-0.1, -0.05) is 0 Å². The second-order valence-electron chi connectivity index (χ2n) is 6.12. The van der Waals surface area contributed by atoms with Gasteiger partial charge in [0, 0.05) is 24.2 Å². The van der Waals surface area contributed by atoms with E-state index in [1.54, 1.807) is 11.3 Å². The normalized spacial score (nSPS) is 22.4. The zero-order valence-corrected chi connectivity index (χ0v) is 14.6. The molecular weight excluding hydrogens is 320 g/mol. The number of rotatable bonds is 6. The number of carbonyl (C=O) groups is 1. The van der Waals surface area contributed by atoms with Crippen molar-refractivity contribution in [1.82, 2.24) is 20.5 Å². The van der Waals surface area contributed by atoms with Crippen molar-refractivity contribution < 1.29 is 4.79 Å². The van der Waals surface area contributed by atoms with E-state index in [2.05, 4.69) is 20.5 Å². The Bertz CT molecular complexity index is 476. The standard InChI is InChI=1S/C15H24N4OS.ClH/c1-2-17-13(20)10-19(11-14-18-7-8-21-14)12-9-15(12)3-5-16-6-4-15;/h7-8,12,16H,2-6,9-11H2,1H3,(H,17,20);1H. The van der Waals surface area contributed by atoms with Crippen LogP contribution in [0.15, 0.2) is 11.6 Å². The number of hydrogen-bond donors (Lipinski definition) is 2. The first-order chi connectivity index (χ1) is 10.2. The number of thiazole rings is 1. The number of hydrogen-bond acceptors (Lipinski definition) is 5. The molecule has 2 aliphatic rings. The highest BCUT2D eigenvalue weighted by atomic mass is 35.5. The van der Waals surface area contributed by atoms with E-state index in [0.717, 1.165) is 24.6 Å². The van der Waals surface area contributed by atoms with Gasteiger partial charge in [-0.15, -0.1) is 23.7 Å². The molecule has 1 aromatic rings. The molecule has 0 bridgehead atoms. The van der Waals surface area contributed by atoms with Gasteiger partial charge in [-0.3, -0.25) is 9.69 Å². The Hall–Kier alpha value is -0.690. The zero-order chi connectivity index (χ0) is 14.7. The van der Waals surface area contributed by atoms with Crippen LogP contribution < -0.4 is 10.6 Å². The zero-order valence-electron chi connectivity index (χ0n) is 13.0. The summed E-state index contributed by atoms with van der Waals surface area (Å²) in [6.45, 7) is 6.19. The molecule has 2 N–H and O–H groups in total. The van der Waals surface area contributed by atoms with Crippen LogP contribution in [0.25, 0.3) is 0 Å². The number of piperidine rings is 1. The van der Waals surface area contributed by atoms with Crippen molar-refractivity contribution >= 4 is 29.7 Å². The van der Waals surface area contributed by atoms with Crippen LogP contribution in [0, 0.1) is 5.41 Å². The summed E-state index contributed by atoms with van der Waals surface area (Å²) in [5.41, 5.74) is 0.453. The van der Waals surface area contributed by atoms with Gasteiger partial charge in [0.15, 0.2) is 0 Å². The van der Waals surface area contributed by atoms with Crippen LogP contribution >= 0.6 is 23.7 Å². The highest BCUT2D eigenvalue weighted by molar-refractivity contribution is 7.09. The van der Waals surface area contributed by atoms with Crippen LogP contribution in [-0.4, -0.2) is 48.0 Å². The largest absolute Gasteiger partial charge is 0.355 e. The van der Waals surface area contributed by atoms with E-state index < -0.39 is 0 Å². The van der Waals surface area contributed by atoms with Crippen molar-refractivity contribution in [3.8, 4) is 0 Å². The Morgan fingerprint density at radius 2 is 2.32 bits per heavy atom. The lowest BCUT2D eigenvalue weighted by Crippen LogP contribution is -2.41. The van der Waals surface area contributed by atoms with Crippen molar-refractivity contribution in [3.63, 3.8) is 0 Å². The number of amides is 1. The fourth-order valence-corrected chi connectivity index (χ4v) is 4.16. The van der Waals surface area contributed by atoms with Gasteiger partial charge in [-0.05, 0) is 44.7 Å². The summed E-state index contributed by atoms with van der Waals surface area (Å²) in [5.74, 6) is 0.130. The van der Waals surface area contributed by atoms with E-state index in [0.29, 0.717) is 24.5 Å². The van der Waals surface area contributed by atoms with Crippen LogP contribution in [0.4, 0.5) is 0 Å².